The molecule has 0 aromatic carbocycles. The van der Waals surface area contributed by atoms with Gasteiger partial charge in [0.15, 0.2) is 0 Å². The van der Waals surface area contributed by atoms with Crippen LogP contribution in [0.5, 0.6) is 0 Å². The van der Waals surface area contributed by atoms with Crippen molar-refractivity contribution in [3.05, 3.63) is 11.6 Å². The van der Waals surface area contributed by atoms with Crippen molar-refractivity contribution in [3.8, 4) is 0 Å². The van der Waals surface area contributed by atoms with Crippen molar-refractivity contribution in [3.63, 3.8) is 0 Å². The maximum absolute atomic E-state index is 13.6. The Morgan fingerprint density at radius 3 is 2.00 bits per heavy atom. The lowest BCUT2D eigenvalue weighted by Crippen LogP contribution is -2.58. The van der Waals surface area contributed by atoms with Gasteiger partial charge in [-0.15, -0.1) is 0 Å². The molecule has 1 unspecified atom stereocenters. The molecule has 0 spiro atoms. The molecule has 180 valence electrons. The van der Waals surface area contributed by atoms with Crippen molar-refractivity contribution < 1.29 is 19.1 Å². The van der Waals surface area contributed by atoms with E-state index in [1.807, 2.05) is 48.5 Å². The maximum atomic E-state index is 13.6. The lowest BCUT2D eigenvalue weighted by atomic mass is 9.79. The average molecular weight is 439 g/mol. The molecule has 0 bridgehead atoms. The second-order valence-electron chi connectivity index (χ2n) is 10.2. The van der Waals surface area contributed by atoms with Gasteiger partial charge >= 0.3 is 5.97 Å². The molecule has 0 aromatic heterocycles. The topological polar surface area (TPSA) is 75.7 Å². The van der Waals surface area contributed by atoms with Gasteiger partial charge in [-0.25, -0.2) is 4.79 Å². The number of hydrogen-bond donors (Lipinski definition) is 1. The minimum absolute atomic E-state index is 0.0793. The SMILES string of the molecule is CCCC(C)(CC)C(=O)N[C@H](C(=O)N(C)[C@H](/C=C(\C)C(=O)OCC)C(C)C)C(C)(C)C. The number of likely N-dealkylation sites (N-methyl/N-ethyl adjacent to an activating group) is 1. The van der Waals surface area contributed by atoms with Crippen molar-refractivity contribution in [2.24, 2.45) is 16.7 Å². The van der Waals surface area contributed by atoms with Crippen LogP contribution in [0, 0.1) is 16.7 Å². The van der Waals surface area contributed by atoms with E-state index in [0.717, 1.165) is 12.8 Å². The summed E-state index contributed by atoms with van der Waals surface area (Å²) in [6, 6.07) is -0.975. The minimum atomic E-state index is -0.676. The number of amides is 2. The highest BCUT2D eigenvalue weighted by Gasteiger charge is 2.40. The molecule has 0 fully saturated rings. The van der Waals surface area contributed by atoms with Gasteiger partial charge in [0, 0.05) is 18.0 Å². The average Bonchev–Trinajstić information content (AvgIpc) is 2.67. The molecule has 0 radical (unpaired) electrons. The molecule has 31 heavy (non-hydrogen) atoms. The van der Waals surface area contributed by atoms with Crippen molar-refractivity contribution >= 4 is 17.8 Å². The minimum Gasteiger partial charge on any atom is -0.463 e. The molecule has 1 N–H and O–H groups in total. The Morgan fingerprint density at radius 1 is 1.06 bits per heavy atom. The molecule has 0 saturated heterocycles. The Balaban J connectivity index is 5.91. The van der Waals surface area contributed by atoms with Crippen molar-refractivity contribution in [2.75, 3.05) is 13.7 Å². The van der Waals surface area contributed by atoms with E-state index in [2.05, 4.69) is 12.2 Å². The third kappa shape index (κ3) is 8.30. The van der Waals surface area contributed by atoms with E-state index >= 15 is 0 Å². The summed E-state index contributed by atoms with van der Waals surface area (Å²) in [6.07, 6.45) is 4.17. The number of carbonyl (C=O) groups is 3. The molecule has 0 aromatic rings. The zero-order chi connectivity index (χ0) is 24.6. The van der Waals surface area contributed by atoms with Gasteiger partial charge in [-0.3, -0.25) is 9.59 Å². The van der Waals surface area contributed by atoms with Crippen LogP contribution < -0.4 is 5.32 Å². The molecule has 0 aliphatic heterocycles. The summed E-state index contributed by atoms with van der Waals surface area (Å²) in [5.74, 6) is -0.552. The quantitative estimate of drug-likeness (QED) is 0.374. The Labute approximate surface area is 190 Å². The first-order valence-corrected chi connectivity index (χ1v) is 11.6. The molecule has 0 heterocycles. The first-order chi connectivity index (χ1) is 14.2. The molecule has 0 aliphatic rings. The highest BCUT2D eigenvalue weighted by Crippen LogP contribution is 2.30. The van der Waals surface area contributed by atoms with Crippen LogP contribution in [0.1, 0.15) is 88.5 Å². The fraction of sp³-hybridized carbons (Fsp3) is 0.800. The van der Waals surface area contributed by atoms with Crippen LogP contribution in [-0.2, 0) is 19.1 Å². The molecule has 0 rings (SSSR count). The van der Waals surface area contributed by atoms with E-state index in [1.54, 1.807) is 31.9 Å². The fourth-order valence-corrected chi connectivity index (χ4v) is 3.63. The summed E-state index contributed by atoms with van der Waals surface area (Å²) in [7, 11) is 1.73. The Morgan fingerprint density at radius 2 is 1.61 bits per heavy atom. The normalized spacial score (nSPS) is 16.3. The van der Waals surface area contributed by atoms with Crippen LogP contribution in [0.4, 0.5) is 0 Å². The van der Waals surface area contributed by atoms with Crippen LogP contribution >= 0.6 is 0 Å². The summed E-state index contributed by atoms with van der Waals surface area (Å²) in [5, 5.41) is 3.06. The molecule has 3 atom stereocenters. The predicted molar refractivity (Wildman–Crippen MR) is 126 cm³/mol. The van der Waals surface area contributed by atoms with E-state index in [1.165, 1.54) is 0 Å². The summed E-state index contributed by atoms with van der Waals surface area (Å²) in [4.78, 5) is 40.5. The number of hydrogen-bond acceptors (Lipinski definition) is 4. The van der Waals surface area contributed by atoms with Crippen LogP contribution in [0.25, 0.3) is 0 Å². The first-order valence-electron chi connectivity index (χ1n) is 11.6. The van der Waals surface area contributed by atoms with Crippen LogP contribution in [-0.4, -0.2) is 48.4 Å². The number of nitrogens with one attached hydrogen (secondary N) is 1. The van der Waals surface area contributed by atoms with E-state index in [-0.39, 0.29) is 29.7 Å². The number of esters is 1. The van der Waals surface area contributed by atoms with E-state index in [4.69, 9.17) is 4.74 Å². The molecule has 0 aliphatic carbocycles. The lowest BCUT2D eigenvalue weighted by molar-refractivity contribution is -0.143. The van der Waals surface area contributed by atoms with Crippen molar-refractivity contribution in [1.29, 1.82) is 0 Å². The van der Waals surface area contributed by atoms with Crippen molar-refractivity contribution in [1.82, 2.24) is 10.2 Å². The molecule has 0 saturated carbocycles. The highest BCUT2D eigenvalue weighted by atomic mass is 16.5. The van der Waals surface area contributed by atoms with Gasteiger partial charge in [0.1, 0.15) is 6.04 Å². The lowest BCUT2D eigenvalue weighted by Gasteiger charge is -2.39. The molecule has 6 nitrogen and oxygen atoms in total. The Bertz CT molecular complexity index is 648. The standard InChI is InChI=1S/C25H46N2O4/c1-12-15-25(10,13-2)23(30)26-20(24(7,8)9)21(28)27(11)19(17(4)5)16-18(6)22(29)31-14-3/h16-17,19-20H,12-15H2,1-11H3,(H,26,30)/b18-16+/t19-,20-,25?/m1/s1. The number of nitrogens with zero attached hydrogens (tertiary/aromatic N) is 1. The molecule has 6 heteroatoms. The Hall–Kier alpha value is -1.85. The van der Waals surface area contributed by atoms with Crippen LogP contribution in [0.3, 0.4) is 0 Å². The third-order valence-electron chi connectivity index (χ3n) is 6.01. The smallest absolute Gasteiger partial charge is 0.333 e. The van der Waals surface area contributed by atoms with Crippen LogP contribution in [0.2, 0.25) is 0 Å². The van der Waals surface area contributed by atoms with E-state index in [9.17, 15) is 14.4 Å². The fourth-order valence-electron chi connectivity index (χ4n) is 3.63. The van der Waals surface area contributed by atoms with Crippen LogP contribution in [0.15, 0.2) is 11.6 Å². The number of ether oxygens (including phenoxy) is 1. The zero-order valence-electron chi connectivity index (χ0n) is 21.7. The van der Waals surface area contributed by atoms with Gasteiger partial charge in [-0.1, -0.05) is 67.9 Å². The third-order valence-corrected chi connectivity index (χ3v) is 6.01. The van der Waals surface area contributed by atoms with Gasteiger partial charge < -0.3 is 15.0 Å². The number of carbonyl (C=O) groups excluding carboxylic acids is 3. The largest absolute Gasteiger partial charge is 0.463 e. The molecular weight excluding hydrogens is 392 g/mol. The Kier molecular flexibility index (Phi) is 11.5. The zero-order valence-corrected chi connectivity index (χ0v) is 21.7. The second kappa shape index (κ2) is 12.3. The summed E-state index contributed by atoms with van der Waals surface area (Å²) < 4.78 is 5.08. The predicted octanol–water partition coefficient (Wildman–Crippen LogP) is 4.73. The van der Waals surface area contributed by atoms with Gasteiger partial charge in [-0.2, -0.15) is 0 Å². The summed E-state index contributed by atoms with van der Waals surface area (Å²) >= 11 is 0. The van der Waals surface area contributed by atoms with Gasteiger partial charge in [0.25, 0.3) is 0 Å². The molecular formula is C25H46N2O4. The van der Waals surface area contributed by atoms with Crippen molar-refractivity contribution in [2.45, 2.75) is 101 Å². The number of rotatable bonds is 11. The van der Waals surface area contributed by atoms with E-state index in [0.29, 0.717) is 18.6 Å². The summed E-state index contributed by atoms with van der Waals surface area (Å²) in [6.45, 7) is 19.7. The second-order valence-corrected chi connectivity index (χ2v) is 10.2. The van der Waals surface area contributed by atoms with Gasteiger partial charge in [0.2, 0.25) is 11.8 Å². The monoisotopic (exact) mass is 438 g/mol. The summed E-state index contributed by atoms with van der Waals surface area (Å²) in [5.41, 5.74) is -0.504. The van der Waals surface area contributed by atoms with E-state index < -0.39 is 16.9 Å². The molecule has 2 amide bonds. The van der Waals surface area contributed by atoms with Gasteiger partial charge in [0.05, 0.1) is 12.6 Å². The maximum Gasteiger partial charge on any atom is 0.333 e. The van der Waals surface area contributed by atoms with Gasteiger partial charge in [-0.05, 0) is 38.0 Å². The first kappa shape index (κ1) is 29.1. The highest BCUT2D eigenvalue weighted by molar-refractivity contribution is 5.91.